The molecule has 0 aliphatic heterocycles. The van der Waals surface area contributed by atoms with Gasteiger partial charge in [0.1, 0.15) is 0 Å². The summed E-state index contributed by atoms with van der Waals surface area (Å²) in [6.45, 7) is 0. The number of hydrogen-bond donors (Lipinski definition) is 2. The van der Waals surface area contributed by atoms with Gasteiger partial charge in [-0.15, -0.1) is 0 Å². The van der Waals surface area contributed by atoms with E-state index in [1.807, 2.05) is 60.7 Å². The lowest BCUT2D eigenvalue weighted by molar-refractivity contribution is -0.132. The average Bonchev–Trinajstić information content (AvgIpc) is 2.95. The molecule has 0 bridgehead atoms. The smallest absolute Gasteiger partial charge is 0.242 e. The first-order chi connectivity index (χ1) is 19.0. The molecule has 0 aromatic heterocycles. The summed E-state index contributed by atoms with van der Waals surface area (Å²) in [6.07, 6.45) is 0. The Kier molecular flexibility index (Phi) is 4.15. The standard InChI is InChI=1S/C35H22N2O2/c36-33(38)35(34(37)39,27-17-13-23-9-7-19-3-1-5-21-11-15-25(27)31(23)29(19)21)28-18-14-24-10-8-20-4-2-6-22-12-16-26(28)32(24)30(20)22/h1-18H,(H2,36,38)(H2,37,39). The second-order valence-corrected chi connectivity index (χ2v) is 10.4. The van der Waals surface area contributed by atoms with E-state index in [0.717, 1.165) is 64.6 Å². The van der Waals surface area contributed by atoms with Gasteiger partial charge in [0, 0.05) is 0 Å². The van der Waals surface area contributed by atoms with E-state index in [9.17, 15) is 9.59 Å². The van der Waals surface area contributed by atoms with Crippen LogP contribution in [0.2, 0.25) is 0 Å². The van der Waals surface area contributed by atoms with Crippen molar-refractivity contribution in [3.05, 3.63) is 120 Å². The number of nitrogens with two attached hydrogens (primary N) is 2. The third kappa shape index (κ3) is 2.62. The van der Waals surface area contributed by atoms with Crippen LogP contribution in [0.25, 0.3) is 64.6 Å². The molecule has 8 aromatic rings. The SMILES string of the molecule is NC(=O)C(C(N)=O)(c1ccc2ccc3cccc4ccc1c2c34)c1ccc2ccc3cccc4ccc1c2c34. The Morgan fingerprint density at radius 3 is 1.08 bits per heavy atom. The zero-order chi connectivity index (χ0) is 26.5. The lowest BCUT2D eigenvalue weighted by Crippen LogP contribution is -2.52. The van der Waals surface area contributed by atoms with Gasteiger partial charge in [-0.25, -0.2) is 0 Å². The molecule has 0 saturated carbocycles. The number of carbonyl (C=O) groups excluding carboxylic acids is 2. The van der Waals surface area contributed by atoms with Gasteiger partial charge in [0.05, 0.1) is 0 Å². The Morgan fingerprint density at radius 1 is 0.410 bits per heavy atom. The van der Waals surface area contributed by atoms with E-state index in [1.165, 1.54) is 0 Å². The van der Waals surface area contributed by atoms with E-state index in [-0.39, 0.29) is 0 Å². The van der Waals surface area contributed by atoms with E-state index >= 15 is 0 Å². The monoisotopic (exact) mass is 502 g/mol. The number of carbonyl (C=O) groups is 2. The Hall–Kier alpha value is -5.22. The predicted molar refractivity (Wildman–Crippen MR) is 159 cm³/mol. The molecule has 8 aromatic carbocycles. The highest BCUT2D eigenvalue weighted by molar-refractivity contribution is 6.29. The number of rotatable bonds is 4. The molecule has 0 aliphatic rings. The second kappa shape index (κ2) is 7.42. The van der Waals surface area contributed by atoms with Crippen molar-refractivity contribution in [2.45, 2.75) is 5.41 Å². The van der Waals surface area contributed by atoms with Gasteiger partial charge in [-0.05, 0) is 75.8 Å². The molecule has 184 valence electrons. The number of hydrogen-bond acceptors (Lipinski definition) is 2. The minimum absolute atomic E-state index is 0.503. The van der Waals surface area contributed by atoms with Gasteiger partial charge in [-0.3, -0.25) is 9.59 Å². The van der Waals surface area contributed by atoms with Gasteiger partial charge < -0.3 is 11.5 Å². The quantitative estimate of drug-likeness (QED) is 0.206. The maximum absolute atomic E-state index is 13.7. The van der Waals surface area contributed by atoms with Crippen LogP contribution in [-0.4, -0.2) is 11.8 Å². The van der Waals surface area contributed by atoms with Crippen molar-refractivity contribution in [1.29, 1.82) is 0 Å². The summed E-state index contributed by atoms with van der Waals surface area (Å²) >= 11 is 0. The van der Waals surface area contributed by atoms with Crippen LogP contribution < -0.4 is 11.5 Å². The molecule has 0 fully saturated rings. The maximum Gasteiger partial charge on any atom is 0.242 e. The molecule has 0 saturated heterocycles. The first kappa shape index (κ1) is 21.8. The molecular weight excluding hydrogens is 480 g/mol. The number of primary amides is 2. The van der Waals surface area contributed by atoms with E-state index in [0.29, 0.717) is 11.1 Å². The van der Waals surface area contributed by atoms with Crippen molar-refractivity contribution in [1.82, 2.24) is 0 Å². The molecular formula is C35H22N2O2. The van der Waals surface area contributed by atoms with Gasteiger partial charge in [0.25, 0.3) is 0 Å². The van der Waals surface area contributed by atoms with Gasteiger partial charge in [-0.1, -0.05) is 109 Å². The number of benzene rings is 8. The predicted octanol–water partition coefficient (Wildman–Crippen LogP) is 6.74. The minimum Gasteiger partial charge on any atom is -0.368 e. The van der Waals surface area contributed by atoms with E-state index in [2.05, 4.69) is 48.5 Å². The normalized spacial score (nSPS) is 12.5. The van der Waals surface area contributed by atoms with Crippen LogP contribution in [0.15, 0.2) is 109 Å². The van der Waals surface area contributed by atoms with Gasteiger partial charge >= 0.3 is 0 Å². The maximum atomic E-state index is 13.7. The van der Waals surface area contributed by atoms with Crippen LogP contribution >= 0.6 is 0 Å². The molecule has 0 aliphatic carbocycles. The Morgan fingerprint density at radius 2 is 0.718 bits per heavy atom. The zero-order valence-electron chi connectivity index (χ0n) is 20.9. The van der Waals surface area contributed by atoms with Crippen molar-refractivity contribution in [3.63, 3.8) is 0 Å². The Balaban J connectivity index is 1.57. The second-order valence-electron chi connectivity index (χ2n) is 10.4. The van der Waals surface area contributed by atoms with Crippen LogP contribution in [0, 0.1) is 0 Å². The summed E-state index contributed by atoms with van der Waals surface area (Å²) in [6, 6.07) is 36.3. The molecule has 4 heteroatoms. The fraction of sp³-hybridized carbons (Fsp3) is 0.0286. The fourth-order valence-corrected chi connectivity index (χ4v) is 6.92. The molecule has 4 N–H and O–H groups in total. The van der Waals surface area contributed by atoms with Crippen LogP contribution in [0.1, 0.15) is 11.1 Å². The van der Waals surface area contributed by atoms with E-state index in [4.69, 9.17) is 11.5 Å². The summed E-state index contributed by atoms with van der Waals surface area (Å²) in [7, 11) is 0. The van der Waals surface area contributed by atoms with Gasteiger partial charge in [-0.2, -0.15) is 0 Å². The highest BCUT2D eigenvalue weighted by Crippen LogP contribution is 2.46. The third-order valence-electron chi connectivity index (χ3n) is 8.60. The lowest BCUT2D eigenvalue weighted by atomic mass is 9.69. The minimum atomic E-state index is -1.88. The van der Waals surface area contributed by atoms with Gasteiger partial charge in [0.15, 0.2) is 5.41 Å². The Bertz CT molecular complexity index is 2100. The van der Waals surface area contributed by atoms with Crippen LogP contribution in [0.4, 0.5) is 0 Å². The topological polar surface area (TPSA) is 86.2 Å². The number of amides is 2. The molecule has 0 atom stereocenters. The molecule has 2 amide bonds. The highest BCUT2D eigenvalue weighted by atomic mass is 16.2. The molecule has 0 radical (unpaired) electrons. The summed E-state index contributed by atoms with van der Waals surface area (Å²) < 4.78 is 0. The van der Waals surface area contributed by atoms with Crippen molar-refractivity contribution in [3.8, 4) is 0 Å². The van der Waals surface area contributed by atoms with Crippen molar-refractivity contribution in [2.75, 3.05) is 0 Å². The summed E-state index contributed by atoms with van der Waals surface area (Å²) in [5, 5.41) is 12.2. The van der Waals surface area contributed by atoms with E-state index in [1.54, 1.807) is 0 Å². The van der Waals surface area contributed by atoms with Crippen LogP contribution in [-0.2, 0) is 15.0 Å². The Labute approximate surface area is 223 Å². The fourth-order valence-electron chi connectivity index (χ4n) is 6.92. The van der Waals surface area contributed by atoms with Gasteiger partial charge in [0.2, 0.25) is 11.8 Å². The summed E-state index contributed by atoms with van der Waals surface area (Å²) in [4.78, 5) is 27.4. The highest BCUT2D eigenvalue weighted by Gasteiger charge is 2.49. The van der Waals surface area contributed by atoms with Crippen molar-refractivity contribution in [2.24, 2.45) is 11.5 Å². The molecule has 8 rings (SSSR count). The average molecular weight is 503 g/mol. The molecule has 0 spiro atoms. The largest absolute Gasteiger partial charge is 0.368 e. The van der Waals surface area contributed by atoms with E-state index < -0.39 is 17.2 Å². The first-order valence-corrected chi connectivity index (χ1v) is 12.9. The first-order valence-electron chi connectivity index (χ1n) is 12.9. The van der Waals surface area contributed by atoms with Crippen molar-refractivity contribution < 1.29 is 9.59 Å². The molecule has 4 nitrogen and oxygen atoms in total. The lowest BCUT2D eigenvalue weighted by Gasteiger charge is -2.32. The molecule has 0 heterocycles. The third-order valence-corrected chi connectivity index (χ3v) is 8.60. The molecule has 39 heavy (non-hydrogen) atoms. The zero-order valence-corrected chi connectivity index (χ0v) is 20.9. The summed E-state index contributed by atoms with van der Waals surface area (Å²) in [5.41, 5.74) is 11.6. The van der Waals surface area contributed by atoms with Crippen LogP contribution in [0.3, 0.4) is 0 Å². The summed E-state index contributed by atoms with van der Waals surface area (Å²) in [5.74, 6) is -1.58. The van der Waals surface area contributed by atoms with Crippen LogP contribution in [0.5, 0.6) is 0 Å². The molecule has 0 unspecified atom stereocenters. The van der Waals surface area contributed by atoms with Crippen molar-refractivity contribution >= 4 is 76.4 Å².